The number of aromatic nitrogens is 2. The standard InChI is InChI=1S/C15H17ClN4O2/c1-3-17-14(21)10(2)19-15(22)11-8-18-20(9-11)13-7-5-4-6-12(13)16/h4-10H,3H2,1-2H3,(H,17,21)(H,19,22)/t10-/m0/s1. The van der Waals surface area contributed by atoms with Gasteiger partial charge in [-0.3, -0.25) is 9.59 Å². The highest BCUT2D eigenvalue weighted by Gasteiger charge is 2.17. The van der Waals surface area contributed by atoms with Gasteiger partial charge in [-0.05, 0) is 26.0 Å². The zero-order valence-electron chi connectivity index (χ0n) is 12.3. The molecule has 1 aromatic carbocycles. The summed E-state index contributed by atoms with van der Waals surface area (Å²) in [6.45, 7) is 3.96. The largest absolute Gasteiger partial charge is 0.355 e. The average molecular weight is 321 g/mol. The summed E-state index contributed by atoms with van der Waals surface area (Å²) in [5, 5.41) is 9.93. The normalized spacial score (nSPS) is 11.8. The maximum Gasteiger partial charge on any atom is 0.255 e. The first-order valence-electron chi connectivity index (χ1n) is 6.91. The zero-order chi connectivity index (χ0) is 16.1. The van der Waals surface area contributed by atoms with Crippen molar-refractivity contribution >= 4 is 23.4 Å². The van der Waals surface area contributed by atoms with Crippen LogP contribution in [0.4, 0.5) is 0 Å². The molecule has 0 saturated heterocycles. The summed E-state index contributed by atoms with van der Waals surface area (Å²) < 4.78 is 1.52. The van der Waals surface area contributed by atoms with Gasteiger partial charge in [0.2, 0.25) is 5.91 Å². The SMILES string of the molecule is CCNC(=O)[C@H](C)NC(=O)c1cnn(-c2ccccc2Cl)c1. The summed E-state index contributed by atoms with van der Waals surface area (Å²) in [4.78, 5) is 23.7. The molecule has 0 spiro atoms. The summed E-state index contributed by atoms with van der Waals surface area (Å²) in [7, 11) is 0. The summed E-state index contributed by atoms with van der Waals surface area (Å²) in [6, 6.07) is 6.58. The Labute approximate surface area is 133 Å². The fraction of sp³-hybridized carbons (Fsp3) is 0.267. The second kappa shape index (κ2) is 7.09. The molecule has 1 heterocycles. The molecule has 0 fully saturated rings. The quantitative estimate of drug-likeness (QED) is 0.881. The van der Waals surface area contributed by atoms with E-state index < -0.39 is 6.04 Å². The first-order valence-corrected chi connectivity index (χ1v) is 7.29. The van der Waals surface area contributed by atoms with Gasteiger partial charge in [0.15, 0.2) is 0 Å². The molecule has 0 aliphatic heterocycles. The molecule has 116 valence electrons. The van der Waals surface area contributed by atoms with Gasteiger partial charge in [-0.15, -0.1) is 0 Å². The molecular formula is C15H17ClN4O2. The van der Waals surface area contributed by atoms with Crippen molar-refractivity contribution in [1.82, 2.24) is 20.4 Å². The Morgan fingerprint density at radius 1 is 1.36 bits per heavy atom. The molecular weight excluding hydrogens is 304 g/mol. The number of rotatable bonds is 5. The van der Waals surface area contributed by atoms with Crippen molar-refractivity contribution in [2.75, 3.05) is 6.54 Å². The number of carbonyl (C=O) groups is 2. The number of benzene rings is 1. The van der Waals surface area contributed by atoms with Crippen LogP contribution in [0.3, 0.4) is 0 Å². The molecule has 22 heavy (non-hydrogen) atoms. The van der Waals surface area contributed by atoms with Crippen LogP contribution < -0.4 is 10.6 Å². The van der Waals surface area contributed by atoms with Crippen molar-refractivity contribution in [3.8, 4) is 5.69 Å². The minimum atomic E-state index is -0.615. The van der Waals surface area contributed by atoms with Gasteiger partial charge in [-0.1, -0.05) is 23.7 Å². The first kappa shape index (κ1) is 16.0. The lowest BCUT2D eigenvalue weighted by Gasteiger charge is -2.12. The Balaban J connectivity index is 2.10. The third kappa shape index (κ3) is 3.65. The highest BCUT2D eigenvalue weighted by Crippen LogP contribution is 2.19. The first-order chi connectivity index (χ1) is 10.5. The van der Waals surface area contributed by atoms with E-state index in [1.54, 1.807) is 25.3 Å². The van der Waals surface area contributed by atoms with Crippen molar-refractivity contribution < 1.29 is 9.59 Å². The van der Waals surface area contributed by atoms with E-state index in [4.69, 9.17) is 11.6 Å². The number of nitrogens with zero attached hydrogens (tertiary/aromatic N) is 2. The topological polar surface area (TPSA) is 76.0 Å². The van der Waals surface area contributed by atoms with Gasteiger partial charge in [-0.25, -0.2) is 4.68 Å². The number of carbonyl (C=O) groups excluding carboxylic acids is 2. The molecule has 2 N–H and O–H groups in total. The molecule has 2 amide bonds. The monoisotopic (exact) mass is 320 g/mol. The second-order valence-electron chi connectivity index (χ2n) is 4.71. The predicted molar refractivity (Wildman–Crippen MR) is 84.2 cm³/mol. The molecule has 6 nitrogen and oxygen atoms in total. The van der Waals surface area contributed by atoms with Crippen molar-refractivity contribution in [3.05, 3.63) is 47.2 Å². The molecule has 0 saturated carbocycles. The Hall–Kier alpha value is -2.34. The zero-order valence-corrected chi connectivity index (χ0v) is 13.1. The van der Waals surface area contributed by atoms with Crippen molar-refractivity contribution in [3.63, 3.8) is 0 Å². The number of amides is 2. The molecule has 7 heteroatoms. The molecule has 1 atom stereocenters. The van der Waals surface area contributed by atoms with Gasteiger partial charge in [0, 0.05) is 12.7 Å². The Bertz CT molecular complexity index is 684. The van der Waals surface area contributed by atoms with Crippen molar-refractivity contribution in [2.45, 2.75) is 19.9 Å². The third-order valence-electron chi connectivity index (χ3n) is 3.04. The minimum Gasteiger partial charge on any atom is -0.355 e. The number of hydrogen-bond donors (Lipinski definition) is 2. The predicted octanol–water partition coefficient (Wildman–Crippen LogP) is 1.78. The van der Waals surface area contributed by atoms with E-state index in [2.05, 4.69) is 15.7 Å². The molecule has 2 aromatic rings. The van der Waals surface area contributed by atoms with Crippen LogP contribution in [0.2, 0.25) is 5.02 Å². The van der Waals surface area contributed by atoms with E-state index in [0.29, 0.717) is 22.8 Å². The second-order valence-corrected chi connectivity index (χ2v) is 5.12. The summed E-state index contributed by atoms with van der Waals surface area (Å²) in [5.74, 6) is -0.591. The maximum absolute atomic E-state index is 12.1. The molecule has 0 unspecified atom stereocenters. The van der Waals surface area contributed by atoms with E-state index in [0.717, 1.165) is 0 Å². The third-order valence-corrected chi connectivity index (χ3v) is 3.36. The summed E-state index contributed by atoms with van der Waals surface area (Å²) in [5.41, 5.74) is 1.04. The van der Waals surface area contributed by atoms with Crippen molar-refractivity contribution in [2.24, 2.45) is 0 Å². The van der Waals surface area contributed by atoms with Gasteiger partial charge in [0.25, 0.3) is 5.91 Å². The summed E-state index contributed by atoms with van der Waals surface area (Å²) >= 11 is 6.09. The maximum atomic E-state index is 12.1. The lowest BCUT2D eigenvalue weighted by atomic mass is 10.2. The van der Waals surface area contributed by atoms with E-state index in [1.165, 1.54) is 10.9 Å². The molecule has 0 bridgehead atoms. The van der Waals surface area contributed by atoms with Crippen LogP contribution in [-0.2, 0) is 4.79 Å². The highest BCUT2D eigenvalue weighted by molar-refractivity contribution is 6.32. The van der Waals surface area contributed by atoms with E-state index in [9.17, 15) is 9.59 Å². The molecule has 0 aliphatic rings. The van der Waals surface area contributed by atoms with E-state index >= 15 is 0 Å². The Morgan fingerprint density at radius 2 is 2.09 bits per heavy atom. The molecule has 0 radical (unpaired) electrons. The van der Waals surface area contributed by atoms with Crippen LogP contribution in [-0.4, -0.2) is 34.2 Å². The fourth-order valence-electron chi connectivity index (χ4n) is 1.88. The average Bonchev–Trinajstić information content (AvgIpc) is 2.97. The van der Waals surface area contributed by atoms with Crippen molar-refractivity contribution in [1.29, 1.82) is 0 Å². The lowest BCUT2D eigenvalue weighted by molar-refractivity contribution is -0.122. The number of para-hydroxylation sites is 1. The number of hydrogen-bond acceptors (Lipinski definition) is 3. The van der Waals surface area contributed by atoms with Crippen LogP contribution >= 0.6 is 11.6 Å². The van der Waals surface area contributed by atoms with Crippen LogP contribution in [0.1, 0.15) is 24.2 Å². The van der Waals surface area contributed by atoms with Gasteiger partial charge in [-0.2, -0.15) is 5.10 Å². The summed E-state index contributed by atoms with van der Waals surface area (Å²) in [6.07, 6.45) is 3.00. The van der Waals surface area contributed by atoms with Gasteiger partial charge in [0.1, 0.15) is 6.04 Å². The van der Waals surface area contributed by atoms with Gasteiger partial charge < -0.3 is 10.6 Å². The number of nitrogens with one attached hydrogen (secondary N) is 2. The Morgan fingerprint density at radius 3 is 2.77 bits per heavy atom. The fourth-order valence-corrected chi connectivity index (χ4v) is 2.10. The highest BCUT2D eigenvalue weighted by atomic mass is 35.5. The lowest BCUT2D eigenvalue weighted by Crippen LogP contribution is -2.44. The van der Waals surface area contributed by atoms with E-state index in [-0.39, 0.29) is 11.8 Å². The smallest absolute Gasteiger partial charge is 0.255 e. The van der Waals surface area contributed by atoms with Crippen LogP contribution in [0.5, 0.6) is 0 Å². The Kier molecular flexibility index (Phi) is 5.16. The number of likely N-dealkylation sites (N-methyl/N-ethyl adjacent to an activating group) is 1. The molecule has 1 aromatic heterocycles. The molecule has 0 aliphatic carbocycles. The minimum absolute atomic E-state index is 0.227. The van der Waals surface area contributed by atoms with Gasteiger partial charge >= 0.3 is 0 Å². The van der Waals surface area contributed by atoms with Crippen LogP contribution in [0, 0.1) is 0 Å². The van der Waals surface area contributed by atoms with Crippen LogP contribution in [0.25, 0.3) is 5.69 Å². The number of halogens is 1. The molecule has 2 rings (SSSR count). The van der Waals surface area contributed by atoms with Crippen LogP contribution in [0.15, 0.2) is 36.7 Å². The van der Waals surface area contributed by atoms with Gasteiger partial charge in [0.05, 0.1) is 22.5 Å². The van der Waals surface area contributed by atoms with E-state index in [1.807, 2.05) is 19.1 Å².